The zero-order valence-corrected chi connectivity index (χ0v) is 12.9. The van der Waals surface area contributed by atoms with Gasteiger partial charge in [0.2, 0.25) is 0 Å². The van der Waals surface area contributed by atoms with Gasteiger partial charge in [-0.1, -0.05) is 19.3 Å². The molecule has 2 aliphatic rings. The van der Waals surface area contributed by atoms with Gasteiger partial charge in [-0.2, -0.15) is 0 Å². The number of halogens is 1. The van der Waals surface area contributed by atoms with Crippen molar-refractivity contribution in [1.29, 1.82) is 0 Å². The van der Waals surface area contributed by atoms with E-state index in [1.807, 2.05) is 6.92 Å². The van der Waals surface area contributed by atoms with Gasteiger partial charge in [0.05, 0.1) is 11.7 Å². The van der Waals surface area contributed by atoms with Crippen LogP contribution in [0.4, 0.5) is 0 Å². The third-order valence-electron chi connectivity index (χ3n) is 4.88. The predicted octanol–water partition coefficient (Wildman–Crippen LogP) is 3.86. The van der Waals surface area contributed by atoms with Gasteiger partial charge in [0.25, 0.3) is 0 Å². The smallest absolute Gasteiger partial charge is 0.0708 e. The molecule has 1 saturated heterocycles. The fraction of sp³-hybridized carbons (Fsp3) is 1.00. The summed E-state index contributed by atoms with van der Waals surface area (Å²) < 4.78 is 6.36. The minimum absolute atomic E-state index is 0.0206. The first-order valence-corrected chi connectivity index (χ1v) is 7.94. The van der Waals surface area contributed by atoms with E-state index < -0.39 is 0 Å². The Balaban J connectivity index is 1.79. The van der Waals surface area contributed by atoms with Crippen molar-refractivity contribution in [2.75, 3.05) is 6.54 Å². The van der Waals surface area contributed by atoms with E-state index in [1.165, 1.54) is 44.9 Å². The summed E-state index contributed by atoms with van der Waals surface area (Å²) in [7, 11) is 0. The van der Waals surface area contributed by atoms with Gasteiger partial charge in [-0.25, -0.2) is 0 Å². The van der Waals surface area contributed by atoms with E-state index in [-0.39, 0.29) is 16.5 Å². The van der Waals surface area contributed by atoms with Crippen LogP contribution in [0.5, 0.6) is 0 Å². The first-order valence-electron chi connectivity index (χ1n) is 7.50. The van der Waals surface area contributed by atoms with Gasteiger partial charge in [0.15, 0.2) is 0 Å². The molecule has 1 aliphatic heterocycles. The van der Waals surface area contributed by atoms with Crippen molar-refractivity contribution < 1.29 is 4.74 Å². The standard InChI is InChI=1S/C15H28ClNO/c1-12(16)14(2,3)17-11-13-7-10-15(18-13)8-5-4-6-9-15/h12-13,17H,4-11H2,1-3H3. The van der Waals surface area contributed by atoms with Gasteiger partial charge >= 0.3 is 0 Å². The Morgan fingerprint density at radius 2 is 1.94 bits per heavy atom. The SMILES string of the molecule is CC(Cl)C(C)(C)NCC1CCC2(CCCCC2)O1. The summed E-state index contributed by atoms with van der Waals surface area (Å²) >= 11 is 6.19. The van der Waals surface area contributed by atoms with E-state index in [0.717, 1.165) is 6.54 Å². The third kappa shape index (κ3) is 3.40. The monoisotopic (exact) mass is 273 g/mol. The van der Waals surface area contributed by atoms with Crippen LogP contribution in [0.1, 0.15) is 65.7 Å². The molecule has 0 bridgehead atoms. The molecule has 1 spiro atoms. The summed E-state index contributed by atoms with van der Waals surface area (Å²) in [5.74, 6) is 0. The van der Waals surface area contributed by atoms with Gasteiger partial charge in [-0.05, 0) is 46.5 Å². The number of nitrogens with one attached hydrogen (secondary N) is 1. The van der Waals surface area contributed by atoms with Crippen LogP contribution < -0.4 is 5.32 Å². The van der Waals surface area contributed by atoms with Crippen molar-refractivity contribution in [3.8, 4) is 0 Å². The van der Waals surface area contributed by atoms with Crippen molar-refractivity contribution >= 4 is 11.6 Å². The Kier molecular flexibility index (Phi) is 4.61. The molecule has 1 saturated carbocycles. The average molecular weight is 274 g/mol. The molecular weight excluding hydrogens is 246 g/mol. The second kappa shape index (κ2) is 5.68. The largest absolute Gasteiger partial charge is 0.370 e. The maximum atomic E-state index is 6.36. The van der Waals surface area contributed by atoms with E-state index in [2.05, 4.69) is 19.2 Å². The molecule has 0 aromatic heterocycles. The number of alkyl halides is 1. The molecule has 0 aromatic carbocycles. The summed E-state index contributed by atoms with van der Waals surface area (Å²) in [5, 5.41) is 3.69. The fourth-order valence-electron chi connectivity index (χ4n) is 3.12. The van der Waals surface area contributed by atoms with Crippen molar-refractivity contribution in [2.24, 2.45) is 0 Å². The van der Waals surface area contributed by atoms with E-state index in [4.69, 9.17) is 16.3 Å². The van der Waals surface area contributed by atoms with Crippen molar-refractivity contribution in [2.45, 2.75) is 88.3 Å². The molecule has 2 nitrogen and oxygen atoms in total. The number of rotatable bonds is 4. The van der Waals surface area contributed by atoms with E-state index >= 15 is 0 Å². The topological polar surface area (TPSA) is 21.3 Å². The lowest BCUT2D eigenvalue weighted by molar-refractivity contribution is -0.0638. The molecule has 2 atom stereocenters. The van der Waals surface area contributed by atoms with E-state index in [0.29, 0.717) is 6.10 Å². The highest BCUT2D eigenvalue weighted by atomic mass is 35.5. The molecule has 18 heavy (non-hydrogen) atoms. The molecule has 2 fully saturated rings. The van der Waals surface area contributed by atoms with Crippen LogP contribution in [-0.2, 0) is 4.74 Å². The van der Waals surface area contributed by atoms with Gasteiger partial charge in [-0.15, -0.1) is 11.6 Å². The molecule has 0 aromatic rings. The zero-order valence-electron chi connectivity index (χ0n) is 12.1. The molecule has 2 unspecified atom stereocenters. The molecular formula is C15H28ClNO. The highest BCUT2D eigenvalue weighted by Crippen LogP contribution is 2.41. The second-order valence-electron chi connectivity index (χ2n) is 6.74. The number of ether oxygens (including phenoxy) is 1. The van der Waals surface area contributed by atoms with Crippen LogP contribution in [0, 0.1) is 0 Å². The Labute approximate surface area is 117 Å². The molecule has 1 heterocycles. The van der Waals surface area contributed by atoms with Crippen LogP contribution in [0.15, 0.2) is 0 Å². The summed E-state index contributed by atoms with van der Waals surface area (Å²) in [4.78, 5) is 0. The highest BCUT2D eigenvalue weighted by molar-refractivity contribution is 6.21. The molecule has 0 radical (unpaired) electrons. The molecule has 2 rings (SSSR count). The van der Waals surface area contributed by atoms with Crippen LogP contribution in [0.25, 0.3) is 0 Å². The van der Waals surface area contributed by atoms with Crippen molar-refractivity contribution in [1.82, 2.24) is 5.32 Å². The Morgan fingerprint density at radius 3 is 2.56 bits per heavy atom. The summed E-state index contributed by atoms with van der Waals surface area (Å²) in [6, 6.07) is 0. The maximum absolute atomic E-state index is 6.36. The number of hydrogen-bond acceptors (Lipinski definition) is 2. The fourth-order valence-corrected chi connectivity index (χ4v) is 3.20. The van der Waals surface area contributed by atoms with Gasteiger partial charge < -0.3 is 10.1 Å². The predicted molar refractivity (Wildman–Crippen MR) is 77.3 cm³/mol. The van der Waals surface area contributed by atoms with Gasteiger partial charge in [-0.3, -0.25) is 0 Å². The zero-order chi connectivity index (χ0) is 13.2. The van der Waals surface area contributed by atoms with Crippen LogP contribution >= 0.6 is 11.6 Å². The summed E-state index contributed by atoms with van der Waals surface area (Å²) in [6.07, 6.45) is 9.50. The minimum Gasteiger partial charge on any atom is -0.370 e. The summed E-state index contributed by atoms with van der Waals surface area (Å²) in [5.41, 5.74) is 0.217. The Bertz CT molecular complexity index is 272. The minimum atomic E-state index is -0.0206. The number of hydrogen-bond donors (Lipinski definition) is 1. The molecule has 0 amide bonds. The molecule has 3 heteroatoms. The summed E-state index contributed by atoms with van der Waals surface area (Å²) in [6.45, 7) is 7.31. The molecule has 1 N–H and O–H groups in total. The van der Waals surface area contributed by atoms with Crippen molar-refractivity contribution in [3.05, 3.63) is 0 Å². The lowest BCUT2D eigenvalue weighted by Gasteiger charge is -2.34. The normalized spacial score (nSPS) is 29.7. The average Bonchev–Trinajstić information content (AvgIpc) is 2.71. The third-order valence-corrected chi connectivity index (χ3v) is 5.43. The lowest BCUT2D eigenvalue weighted by Crippen LogP contribution is -2.49. The van der Waals surface area contributed by atoms with Crippen LogP contribution in [0.2, 0.25) is 0 Å². The van der Waals surface area contributed by atoms with Gasteiger partial charge in [0.1, 0.15) is 0 Å². The second-order valence-corrected chi connectivity index (χ2v) is 7.40. The quantitative estimate of drug-likeness (QED) is 0.786. The lowest BCUT2D eigenvalue weighted by atomic mass is 9.83. The molecule has 1 aliphatic carbocycles. The Hall–Kier alpha value is 0.210. The van der Waals surface area contributed by atoms with Crippen LogP contribution in [-0.4, -0.2) is 29.2 Å². The maximum Gasteiger partial charge on any atom is 0.0708 e. The van der Waals surface area contributed by atoms with Crippen LogP contribution in [0.3, 0.4) is 0 Å². The van der Waals surface area contributed by atoms with E-state index in [1.54, 1.807) is 0 Å². The first-order chi connectivity index (χ1) is 8.44. The van der Waals surface area contributed by atoms with Gasteiger partial charge in [0, 0.05) is 17.5 Å². The highest BCUT2D eigenvalue weighted by Gasteiger charge is 2.41. The van der Waals surface area contributed by atoms with E-state index in [9.17, 15) is 0 Å². The first kappa shape index (κ1) is 14.6. The Morgan fingerprint density at radius 1 is 1.28 bits per heavy atom. The molecule has 106 valence electrons. The van der Waals surface area contributed by atoms with Crippen molar-refractivity contribution in [3.63, 3.8) is 0 Å².